The highest BCUT2D eigenvalue weighted by atomic mass is 16.2. The van der Waals surface area contributed by atoms with E-state index in [1.54, 1.807) is 6.20 Å². The second-order valence-corrected chi connectivity index (χ2v) is 9.66. The van der Waals surface area contributed by atoms with Crippen LogP contribution >= 0.6 is 0 Å². The van der Waals surface area contributed by atoms with Gasteiger partial charge in [0.05, 0.1) is 0 Å². The lowest BCUT2D eigenvalue weighted by Gasteiger charge is -2.27. The Hall–Kier alpha value is -3.76. The zero-order chi connectivity index (χ0) is 24.9. The van der Waals surface area contributed by atoms with Crippen LogP contribution in [0.5, 0.6) is 0 Å². The molecule has 1 heterocycles. The summed E-state index contributed by atoms with van der Waals surface area (Å²) in [5, 5.41) is 0. The number of amides is 1. The van der Waals surface area contributed by atoms with Crippen molar-refractivity contribution >= 4 is 11.6 Å². The number of benzene rings is 3. The predicted octanol–water partition coefficient (Wildman–Crippen LogP) is 6.54. The van der Waals surface area contributed by atoms with E-state index in [1.807, 2.05) is 65.6 Å². The van der Waals surface area contributed by atoms with Gasteiger partial charge in [0.25, 0.3) is 0 Å². The van der Waals surface area contributed by atoms with E-state index in [0.717, 1.165) is 41.8 Å². The number of nitrogens with two attached hydrogens (primary N) is 1. The Kier molecular flexibility index (Phi) is 7.24. The molecule has 2 N–H and O–H groups in total. The molecule has 5 rings (SSSR count). The van der Waals surface area contributed by atoms with Crippen molar-refractivity contribution in [3.63, 3.8) is 0 Å². The van der Waals surface area contributed by atoms with E-state index < -0.39 is 0 Å². The monoisotopic (exact) mass is 475 g/mol. The Balaban J connectivity index is 1.38. The molecular formula is C32H33N3O. The van der Waals surface area contributed by atoms with Crippen molar-refractivity contribution in [1.29, 1.82) is 0 Å². The minimum atomic E-state index is -0.270. The van der Waals surface area contributed by atoms with E-state index in [9.17, 15) is 4.79 Å². The fourth-order valence-corrected chi connectivity index (χ4v) is 4.90. The normalized spacial score (nSPS) is 17.4. The van der Waals surface area contributed by atoms with Crippen molar-refractivity contribution in [2.45, 2.75) is 38.1 Å². The molecule has 1 amide bonds. The first kappa shape index (κ1) is 24.0. The fourth-order valence-electron chi connectivity index (χ4n) is 4.90. The van der Waals surface area contributed by atoms with E-state index in [0.29, 0.717) is 6.54 Å². The van der Waals surface area contributed by atoms with Gasteiger partial charge in [-0.05, 0) is 59.4 Å². The van der Waals surface area contributed by atoms with Crippen LogP contribution in [0.3, 0.4) is 0 Å². The van der Waals surface area contributed by atoms with Crippen molar-refractivity contribution in [2.24, 2.45) is 11.7 Å². The Bertz CT molecular complexity index is 1270. The third-order valence-electron chi connectivity index (χ3n) is 7.05. The van der Waals surface area contributed by atoms with Crippen LogP contribution in [-0.4, -0.2) is 17.4 Å². The molecule has 0 radical (unpaired) electrons. The summed E-state index contributed by atoms with van der Waals surface area (Å²) in [4.78, 5) is 20.1. The van der Waals surface area contributed by atoms with Crippen molar-refractivity contribution < 1.29 is 4.79 Å². The Morgan fingerprint density at radius 1 is 0.917 bits per heavy atom. The van der Waals surface area contributed by atoms with Crippen LogP contribution in [0.1, 0.15) is 48.5 Å². The van der Waals surface area contributed by atoms with Gasteiger partial charge in [0.1, 0.15) is 0 Å². The molecule has 1 aromatic heterocycles. The third kappa shape index (κ3) is 5.39. The van der Waals surface area contributed by atoms with Gasteiger partial charge in [-0.1, -0.05) is 86.1 Å². The molecule has 4 aromatic rings. The van der Waals surface area contributed by atoms with Crippen LogP contribution in [-0.2, 0) is 11.2 Å². The smallest absolute Gasteiger partial charge is 0.230 e. The number of nitrogens with zero attached hydrogens (tertiary/aromatic N) is 2. The molecule has 1 saturated carbocycles. The lowest BCUT2D eigenvalue weighted by molar-refractivity contribution is -0.120. The molecule has 1 aliphatic carbocycles. The molecule has 1 fully saturated rings. The highest BCUT2D eigenvalue weighted by Crippen LogP contribution is 2.48. The van der Waals surface area contributed by atoms with Crippen LogP contribution in [0, 0.1) is 5.92 Å². The number of hydrogen-bond acceptors (Lipinski definition) is 3. The second-order valence-electron chi connectivity index (χ2n) is 9.66. The van der Waals surface area contributed by atoms with Crippen molar-refractivity contribution in [2.75, 3.05) is 11.4 Å². The van der Waals surface area contributed by atoms with Crippen molar-refractivity contribution in [1.82, 2.24) is 4.98 Å². The van der Waals surface area contributed by atoms with Crippen LogP contribution < -0.4 is 10.6 Å². The van der Waals surface area contributed by atoms with Crippen LogP contribution in [0.2, 0.25) is 0 Å². The Morgan fingerprint density at radius 2 is 1.58 bits per heavy atom. The summed E-state index contributed by atoms with van der Waals surface area (Å²) >= 11 is 0. The number of pyridine rings is 1. The molecule has 3 atom stereocenters. The molecule has 0 bridgehead atoms. The Morgan fingerprint density at radius 3 is 2.22 bits per heavy atom. The molecule has 4 heteroatoms. The quantitative estimate of drug-likeness (QED) is 0.299. The summed E-state index contributed by atoms with van der Waals surface area (Å²) in [6.07, 6.45) is 4.87. The van der Waals surface area contributed by atoms with Gasteiger partial charge in [0.2, 0.25) is 5.91 Å². The fraction of sp³-hybridized carbons (Fsp3) is 0.250. The molecule has 1 aliphatic rings. The Labute approximate surface area is 213 Å². The first-order chi connectivity index (χ1) is 17.6. The minimum absolute atomic E-state index is 0.0614. The molecule has 36 heavy (non-hydrogen) atoms. The number of carbonyl (C=O) groups is 1. The molecule has 0 unspecified atom stereocenters. The molecule has 4 nitrogen and oxygen atoms in total. The summed E-state index contributed by atoms with van der Waals surface area (Å²) in [6, 6.07) is 32.7. The van der Waals surface area contributed by atoms with Gasteiger partial charge in [-0.3, -0.25) is 9.78 Å². The van der Waals surface area contributed by atoms with E-state index in [-0.39, 0.29) is 23.8 Å². The molecular weight excluding hydrogens is 442 g/mol. The van der Waals surface area contributed by atoms with Gasteiger partial charge in [-0.15, -0.1) is 0 Å². The van der Waals surface area contributed by atoms with Gasteiger partial charge in [-0.25, -0.2) is 0 Å². The highest BCUT2D eigenvalue weighted by molar-refractivity contribution is 5.97. The average Bonchev–Trinajstić information content (AvgIpc) is 3.74. The predicted molar refractivity (Wildman–Crippen MR) is 147 cm³/mol. The minimum Gasteiger partial charge on any atom is -0.322 e. The number of anilines is 1. The van der Waals surface area contributed by atoms with Gasteiger partial charge < -0.3 is 10.6 Å². The second kappa shape index (κ2) is 10.9. The van der Waals surface area contributed by atoms with Crippen LogP contribution in [0.15, 0.2) is 103 Å². The largest absolute Gasteiger partial charge is 0.322 e. The highest BCUT2D eigenvalue weighted by Gasteiger charge is 2.47. The van der Waals surface area contributed by atoms with E-state index in [4.69, 9.17) is 5.73 Å². The maximum Gasteiger partial charge on any atom is 0.230 e. The van der Waals surface area contributed by atoms with Gasteiger partial charge in [0.15, 0.2) is 0 Å². The number of aromatic nitrogens is 1. The topological polar surface area (TPSA) is 59.2 Å². The van der Waals surface area contributed by atoms with Crippen LogP contribution in [0.25, 0.3) is 11.1 Å². The van der Waals surface area contributed by atoms with Gasteiger partial charge >= 0.3 is 0 Å². The summed E-state index contributed by atoms with van der Waals surface area (Å²) in [7, 11) is 0. The zero-order valence-electron chi connectivity index (χ0n) is 20.8. The molecule has 182 valence electrons. The first-order valence-electron chi connectivity index (χ1n) is 12.9. The lowest BCUT2D eigenvalue weighted by atomic mass is 10.0. The summed E-state index contributed by atoms with van der Waals surface area (Å²) in [5.41, 5.74) is 13.2. The standard InChI is InChI=1S/C32H33N3O/c1-2-8-23-12-14-24(15-13-23)25-16-18-27(19-17-25)35(22-30(33)26-9-4-3-5-10-26)32(36)29-21-28(29)31-11-6-7-20-34-31/h3-7,9-20,28-30H,2,8,21-22,33H2,1H3/t28-,29-,30-/m1/s1. The molecule has 0 saturated heterocycles. The maximum atomic E-state index is 13.8. The first-order valence-corrected chi connectivity index (χ1v) is 12.9. The SMILES string of the molecule is CCCc1ccc(-c2ccc(N(C[C@@H](N)c3ccccc3)C(=O)[C@@H]3C[C@H]3c3ccccn3)cc2)cc1. The van der Waals surface area contributed by atoms with E-state index in [1.165, 1.54) is 11.1 Å². The van der Waals surface area contributed by atoms with Gasteiger partial charge in [0, 0.05) is 42.0 Å². The number of carbonyl (C=O) groups excluding carboxylic acids is 1. The van der Waals surface area contributed by atoms with Crippen molar-refractivity contribution in [3.05, 3.63) is 120 Å². The molecule has 0 spiro atoms. The van der Waals surface area contributed by atoms with Gasteiger partial charge in [-0.2, -0.15) is 0 Å². The third-order valence-corrected chi connectivity index (χ3v) is 7.05. The van der Waals surface area contributed by atoms with Crippen molar-refractivity contribution in [3.8, 4) is 11.1 Å². The number of rotatable bonds is 9. The molecule has 0 aliphatic heterocycles. The summed E-state index contributed by atoms with van der Waals surface area (Å²) in [5.74, 6) is 0.234. The van der Waals surface area contributed by atoms with E-state index in [2.05, 4.69) is 48.3 Å². The molecule has 3 aromatic carbocycles. The van der Waals surface area contributed by atoms with Crippen LogP contribution in [0.4, 0.5) is 5.69 Å². The average molecular weight is 476 g/mol. The zero-order valence-corrected chi connectivity index (χ0v) is 20.8. The number of hydrogen-bond donors (Lipinski definition) is 1. The summed E-state index contributed by atoms with van der Waals surface area (Å²) in [6.45, 7) is 2.63. The summed E-state index contributed by atoms with van der Waals surface area (Å²) < 4.78 is 0. The maximum absolute atomic E-state index is 13.8. The van der Waals surface area contributed by atoms with E-state index >= 15 is 0 Å². The lowest BCUT2D eigenvalue weighted by Crippen LogP contribution is -2.38. The number of aryl methyl sites for hydroxylation is 1.